The molecule has 0 heterocycles. The number of rotatable bonds is 4. The zero-order chi connectivity index (χ0) is 8.65. The van der Waals surface area contributed by atoms with Gasteiger partial charge in [-0.25, -0.2) is 0 Å². The summed E-state index contributed by atoms with van der Waals surface area (Å²) in [6.07, 6.45) is 0. The summed E-state index contributed by atoms with van der Waals surface area (Å²) in [5.74, 6) is 0. The lowest BCUT2D eigenvalue weighted by molar-refractivity contribution is 0.907. The Morgan fingerprint density at radius 3 is 2.50 bits per heavy atom. The fourth-order valence-electron chi connectivity index (χ4n) is 0.712. The zero-order valence-electron chi connectivity index (χ0n) is 6.55. The Hall–Kier alpha value is -1.58. The van der Waals surface area contributed by atoms with E-state index in [0.29, 0.717) is 6.54 Å². The molecule has 0 spiro atoms. The topological polar surface area (TPSA) is 54.1 Å². The third kappa shape index (κ3) is 3.01. The molecule has 0 aliphatic carbocycles. The van der Waals surface area contributed by atoms with Gasteiger partial charge >= 0.3 is 0 Å². The maximum atomic E-state index is 9.66. The molecule has 0 aromatic heterocycles. The molecule has 0 fully saturated rings. The van der Waals surface area contributed by atoms with Gasteiger partial charge in [0.05, 0.1) is 12.2 Å². The lowest BCUT2D eigenvalue weighted by atomic mass is 10.3. The van der Waals surface area contributed by atoms with Gasteiger partial charge < -0.3 is 0 Å². The minimum atomic E-state index is 0.191. The Balaban J connectivity index is 2.41. The molecule has 0 atom stereocenters. The fourth-order valence-corrected chi connectivity index (χ4v) is 0.712. The highest BCUT2D eigenvalue weighted by atomic mass is 16.3. The van der Waals surface area contributed by atoms with Crippen LogP contribution in [-0.2, 0) is 0 Å². The van der Waals surface area contributed by atoms with Gasteiger partial charge in [0, 0.05) is 0 Å². The molecule has 0 aliphatic heterocycles. The van der Waals surface area contributed by atoms with Crippen molar-refractivity contribution in [3.05, 3.63) is 35.2 Å². The van der Waals surface area contributed by atoms with E-state index in [2.05, 4.69) is 15.4 Å². The molecule has 4 nitrogen and oxygen atoms in total. The number of nitrogens with zero attached hydrogens (tertiary/aromatic N) is 3. The van der Waals surface area contributed by atoms with Gasteiger partial charge in [-0.3, -0.25) is 0 Å². The summed E-state index contributed by atoms with van der Waals surface area (Å²) in [5.41, 5.74) is 0.795. The van der Waals surface area contributed by atoms with Crippen molar-refractivity contribution in [3.8, 4) is 0 Å². The Labute approximate surface area is 70.3 Å². The molecule has 1 aromatic rings. The number of azo groups is 1. The summed E-state index contributed by atoms with van der Waals surface area (Å²) in [6.45, 7) is 0.550. The molecular formula is C8H9N3O. The molecule has 0 amide bonds. The first kappa shape index (κ1) is 8.52. The Kier molecular flexibility index (Phi) is 3.63. The average Bonchev–Trinajstić information content (AvgIpc) is 2.14. The van der Waals surface area contributed by atoms with E-state index in [1.54, 1.807) is 0 Å². The van der Waals surface area contributed by atoms with Crippen molar-refractivity contribution in [2.45, 2.75) is 0 Å². The lowest BCUT2D eigenvalue weighted by Gasteiger charge is -1.88. The average molecular weight is 163 g/mol. The summed E-state index contributed by atoms with van der Waals surface area (Å²) in [4.78, 5) is 9.66. The number of nitroso groups, excluding NO2 is 1. The van der Waals surface area contributed by atoms with Crippen LogP contribution in [0.1, 0.15) is 0 Å². The second kappa shape index (κ2) is 5.12. The molecule has 62 valence electrons. The molecule has 4 heteroatoms. The first-order valence-corrected chi connectivity index (χ1v) is 3.65. The van der Waals surface area contributed by atoms with Crippen LogP contribution >= 0.6 is 0 Å². The van der Waals surface area contributed by atoms with Gasteiger partial charge in [0.25, 0.3) is 0 Å². The van der Waals surface area contributed by atoms with Crippen LogP contribution in [0.5, 0.6) is 0 Å². The van der Waals surface area contributed by atoms with Crippen molar-refractivity contribution in [1.29, 1.82) is 0 Å². The van der Waals surface area contributed by atoms with E-state index in [-0.39, 0.29) is 6.54 Å². The lowest BCUT2D eigenvalue weighted by Crippen LogP contribution is -1.81. The van der Waals surface area contributed by atoms with E-state index in [1.165, 1.54) is 0 Å². The highest BCUT2D eigenvalue weighted by Crippen LogP contribution is 2.09. The number of hydrogen-bond donors (Lipinski definition) is 0. The van der Waals surface area contributed by atoms with Crippen molar-refractivity contribution >= 4 is 5.69 Å². The van der Waals surface area contributed by atoms with E-state index in [9.17, 15) is 4.91 Å². The summed E-state index contributed by atoms with van der Waals surface area (Å²) in [6, 6.07) is 9.36. The van der Waals surface area contributed by atoms with Gasteiger partial charge in [-0.2, -0.15) is 15.1 Å². The quantitative estimate of drug-likeness (QED) is 0.382. The van der Waals surface area contributed by atoms with Crippen molar-refractivity contribution < 1.29 is 0 Å². The first-order valence-electron chi connectivity index (χ1n) is 3.65. The van der Waals surface area contributed by atoms with Gasteiger partial charge in [0.15, 0.2) is 0 Å². The van der Waals surface area contributed by atoms with Crippen LogP contribution < -0.4 is 0 Å². The van der Waals surface area contributed by atoms with E-state index < -0.39 is 0 Å². The van der Waals surface area contributed by atoms with E-state index in [4.69, 9.17) is 0 Å². The molecule has 0 unspecified atom stereocenters. The molecule has 0 radical (unpaired) electrons. The van der Waals surface area contributed by atoms with Crippen LogP contribution in [0.2, 0.25) is 0 Å². The summed E-state index contributed by atoms with van der Waals surface area (Å²) < 4.78 is 0. The normalized spacial score (nSPS) is 10.3. The van der Waals surface area contributed by atoms with E-state index in [1.807, 2.05) is 30.3 Å². The van der Waals surface area contributed by atoms with Gasteiger partial charge in [-0.05, 0) is 12.1 Å². The number of benzene rings is 1. The van der Waals surface area contributed by atoms with Gasteiger partial charge in [0.1, 0.15) is 6.54 Å². The minimum Gasteiger partial charge on any atom is -0.187 e. The number of hydrogen-bond acceptors (Lipinski definition) is 4. The molecule has 0 saturated carbocycles. The highest BCUT2D eigenvalue weighted by Gasteiger charge is 1.84. The van der Waals surface area contributed by atoms with E-state index in [0.717, 1.165) is 5.69 Å². The van der Waals surface area contributed by atoms with Crippen LogP contribution in [0.25, 0.3) is 0 Å². The molecular weight excluding hydrogens is 154 g/mol. The Bertz CT molecular complexity index is 258. The van der Waals surface area contributed by atoms with Gasteiger partial charge in [-0.1, -0.05) is 23.4 Å². The van der Waals surface area contributed by atoms with Crippen molar-refractivity contribution in [3.63, 3.8) is 0 Å². The predicted octanol–water partition coefficient (Wildman–Crippen LogP) is 2.54. The molecule has 0 N–H and O–H groups in total. The fraction of sp³-hybridized carbons (Fsp3) is 0.250. The Morgan fingerprint density at radius 1 is 1.08 bits per heavy atom. The second-order valence-corrected chi connectivity index (χ2v) is 2.15. The summed E-state index contributed by atoms with van der Waals surface area (Å²) >= 11 is 0. The molecule has 12 heavy (non-hydrogen) atoms. The van der Waals surface area contributed by atoms with Crippen molar-refractivity contribution in [1.82, 2.24) is 0 Å². The summed E-state index contributed by atoms with van der Waals surface area (Å²) in [5, 5.41) is 10.3. The SMILES string of the molecule is O=NCCN=Nc1ccccc1. The predicted molar refractivity (Wildman–Crippen MR) is 46.5 cm³/mol. The largest absolute Gasteiger partial charge is 0.187 e. The van der Waals surface area contributed by atoms with E-state index >= 15 is 0 Å². The first-order chi connectivity index (χ1) is 5.93. The second-order valence-electron chi connectivity index (χ2n) is 2.15. The minimum absolute atomic E-state index is 0.191. The standard InChI is InChI=1S/C8H9N3O/c12-10-7-6-9-11-8-4-2-1-3-5-8/h1-5H,6-7H2. The van der Waals surface area contributed by atoms with Crippen molar-refractivity contribution in [2.75, 3.05) is 13.1 Å². The third-order valence-corrected chi connectivity index (χ3v) is 1.23. The molecule has 0 bridgehead atoms. The third-order valence-electron chi connectivity index (χ3n) is 1.23. The molecule has 0 saturated heterocycles. The Morgan fingerprint density at radius 2 is 1.83 bits per heavy atom. The van der Waals surface area contributed by atoms with Crippen LogP contribution in [0.15, 0.2) is 45.7 Å². The van der Waals surface area contributed by atoms with Crippen LogP contribution in [0.4, 0.5) is 5.69 Å². The monoisotopic (exact) mass is 163 g/mol. The molecule has 1 rings (SSSR count). The van der Waals surface area contributed by atoms with Crippen LogP contribution in [0, 0.1) is 4.91 Å². The molecule has 0 aliphatic rings. The zero-order valence-corrected chi connectivity index (χ0v) is 6.55. The van der Waals surface area contributed by atoms with Crippen LogP contribution in [0.3, 0.4) is 0 Å². The maximum absolute atomic E-state index is 9.66. The summed E-state index contributed by atoms with van der Waals surface area (Å²) in [7, 11) is 0. The van der Waals surface area contributed by atoms with Crippen molar-refractivity contribution in [2.24, 2.45) is 15.4 Å². The smallest absolute Gasteiger partial charge is 0.102 e. The van der Waals surface area contributed by atoms with Crippen LogP contribution in [-0.4, -0.2) is 13.1 Å². The molecule has 1 aromatic carbocycles. The highest BCUT2D eigenvalue weighted by molar-refractivity contribution is 5.34. The van der Waals surface area contributed by atoms with Gasteiger partial charge in [0.2, 0.25) is 0 Å². The maximum Gasteiger partial charge on any atom is 0.102 e. The van der Waals surface area contributed by atoms with Gasteiger partial charge in [-0.15, -0.1) is 0 Å².